The minimum atomic E-state index is -0.542. The number of benzene rings is 2. The molecule has 4 nitrogen and oxygen atoms in total. The summed E-state index contributed by atoms with van der Waals surface area (Å²) in [5, 5.41) is 0. The number of nitrogens with zero attached hydrogens (tertiary/aromatic N) is 2. The van der Waals surface area contributed by atoms with Gasteiger partial charge in [0.15, 0.2) is 0 Å². The summed E-state index contributed by atoms with van der Waals surface area (Å²) < 4.78 is 14.6. The first-order valence-corrected chi connectivity index (χ1v) is 10.5. The van der Waals surface area contributed by atoms with Gasteiger partial charge in [0.05, 0.1) is 5.56 Å². The van der Waals surface area contributed by atoms with E-state index in [0.29, 0.717) is 18.9 Å². The van der Waals surface area contributed by atoms with E-state index in [-0.39, 0.29) is 17.4 Å². The number of carbonyl (C=O) groups is 2. The molecule has 0 aromatic heterocycles. The summed E-state index contributed by atoms with van der Waals surface area (Å²) >= 11 is 0. The molecule has 0 aliphatic carbocycles. The average Bonchev–Trinajstić information content (AvgIpc) is 3.24. The Labute approximate surface area is 171 Å². The standard InChI is InChI=1S/C24H27FN2O2/c1-17-11-14-26(15-12-17)24(29)22-8-5-13-27(22)23(28)20-16-19(9-10-21(20)25)18-6-3-2-4-7-18/h2-4,6-7,9-10,16-17,22H,5,8,11-15H2,1H3. The second kappa shape index (κ2) is 8.36. The minimum absolute atomic E-state index is 0.0161. The topological polar surface area (TPSA) is 40.6 Å². The second-order valence-electron chi connectivity index (χ2n) is 8.23. The van der Waals surface area contributed by atoms with Gasteiger partial charge in [-0.05, 0) is 54.9 Å². The minimum Gasteiger partial charge on any atom is -0.341 e. The van der Waals surface area contributed by atoms with Crippen molar-refractivity contribution >= 4 is 11.8 Å². The summed E-state index contributed by atoms with van der Waals surface area (Å²) in [5.74, 6) is -0.279. The van der Waals surface area contributed by atoms with Crippen LogP contribution in [0, 0.1) is 11.7 Å². The first-order chi connectivity index (χ1) is 14.0. The number of halogens is 1. The maximum atomic E-state index is 14.6. The quantitative estimate of drug-likeness (QED) is 0.776. The maximum absolute atomic E-state index is 14.6. The molecule has 4 rings (SSSR count). The highest BCUT2D eigenvalue weighted by molar-refractivity contribution is 5.99. The van der Waals surface area contributed by atoms with Crippen molar-refractivity contribution in [1.29, 1.82) is 0 Å². The van der Waals surface area contributed by atoms with Crippen LogP contribution in [0.4, 0.5) is 4.39 Å². The van der Waals surface area contributed by atoms with Gasteiger partial charge in [0, 0.05) is 19.6 Å². The van der Waals surface area contributed by atoms with Crippen LogP contribution in [0.2, 0.25) is 0 Å². The van der Waals surface area contributed by atoms with Crippen LogP contribution in [0.3, 0.4) is 0 Å². The number of likely N-dealkylation sites (tertiary alicyclic amines) is 2. The van der Waals surface area contributed by atoms with E-state index in [1.54, 1.807) is 17.0 Å². The highest BCUT2D eigenvalue weighted by Crippen LogP contribution is 2.27. The lowest BCUT2D eigenvalue weighted by atomic mass is 9.98. The Morgan fingerprint density at radius 1 is 0.931 bits per heavy atom. The van der Waals surface area contributed by atoms with Gasteiger partial charge in [-0.15, -0.1) is 0 Å². The molecule has 1 atom stereocenters. The maximum Gasteiger partial charge on any atom is 0.257 e. The Hall–Kier alpha value is -2.69. The van der Waals surface area contributed by atoms with E-state index in [1.807, 2.05) is 35.2 Å². The Morgan fingerprint density at radius 3 is 2.38 bits per heavy atom. The van der Waals surface area contributed by atoms with E-state index in [1.165, 1.54) is 6.07 Å². The molecule has 0 radical (unpaired) electrons. The molecule has 2 saturated heterocycles. The molecule has 2 heterocycles. The number of hydrogen-bond donors (Lipinski definition) is 0. The van der Waals surface area contributed by atoms with Crippen LogP contribution in [0.25, 0.3) is 11.1 Å². The van der Waals surface area contributed by atoms with Crippen molar-refractivity contribution in [3.05, 3.63) is 59.9 Å². The third-order valence-corrected chi connectivity index (χ3v) is 6.20. The summed E-state index contributed by atoms with van der Waals surface area (Å²) in [4.78, 5) is 29.7. The zero-order valence-corrected chi connectivity index (χ0v) is 16.8. The third kappa shape index (κ3) is 4.04. The molecule has 152 valence electrons. The van der Waals surface area contributed by atoms with Gasteiger partial charge in [-0.1, -0.05) is 43.3 Å². The summed E-state index contributed by atoms with van der Waals surface area (Å²) in [6, 6.07) is 13.8. The zero-order valence-electron chi connectivity index (χ0n) is 16.8. The number of piperidine rings is 1. The highest BCUT2D eigenvalue weighted by atomic mass is 19.1. The van der Waals surface area contributed by atoms with Gasteiger partial charge in [-0.2, -0.15) is 0 Å². The zero-order chi connectivity index (χ0) is 20.4. The van der Waals surface area contributed by atoms with Gasteiger partial charge in [0.2, 0.25) is 5.91 Å². The first kappa shape index (κ1) is 19.6. The second-order valence-corrected chi connectivity index (χ2v) is 8.23. The van der Waals surface area contributed by atoms with Gasteiger partial charge in [-0.3, -0.25) is 9.59 Å². The fourth-order valence-electron chi connectivity index (χ4n) is 4.36. The van der Waals surface area contributed by atoms with E-state index < -0.39 is 11.9 Å². The molecular formula is C24H27FN2O2. The molecule has 2 aromatic carbocycles. The van der Waals surface area contributed by atoms with Gasteiger partial charge in [0.1, 0.15) is 11.9 Å². The molecule has 0 saturated carbocycles. The van der Waals surface area contributed by atoms with Crippen LogP contribution in [0.1, 0.15) is 43.0 Å². The Balaban J connectivity index is 1.56. The van der Waals surface area contributed by atoms with Gasteiger partial charge >= 0.3 is 0 Å². The molecule has 2 aromatic rings. The highest BCUT2D eigenvalue weighted by Gasteiger charge is 2.38. The number of amides is 2. The van der Waals surface area contributed by atoms with Crippen molar-refractivity contribution in [3.8, 4) is 11.1 Å². The number of carbonyl (C=O) groups excluding carboxylic acids is 2. The van der Waals surface area contributed by atoms with Crippen LogP contribution < -0.4 is 0 Å². The molecule has 1 unspecified atom stereocenters. The van der Waals surface area contributed by atoms with Crippen molar-refractivity contribution in [1.82, 2.24) is 9.80 Å². The number of rotatable bonds is 3. The molecule has 0 bridgehead atoms. The van der Waals surface area contributed by atoms with Crippen LogP contribution in [0.15, 0.2) is 48.5 Å². The molecule has 0 N–H and O–H groups in total. The van der Waals surface area contributed by atoms with E-state index in [9.17, 15) is 14.0 Å². The number of hydrogen-bond acceptors (Lipinski definition) is 2. The molecular weight excluding hydrogens is 367 g/mol. The van der Waals surface area contributed by atoms with Crippen molar-refractivity contribution in [2.45, 2.75) is 38.6 Å². The first-order valence-electron chi connectivity index (χ1n) is 10.5. The molecule has 0 spiro atoms. The Morgan fingerprint density at radius 2 is 1.66 bits per heavy atom. The van der Waals surface area contributed by atoms with Crippen LogP contribution in [-0.4, -0.2) is 47.3 Å². The van der Waals surface area contributed by atoms with E-state index >= 15 is 0 Å². The summed E-state index contributed by atoms with van der Waals surface area (Å²) in [6.07, 6.45) is 3.42. The van der Waals surface area contributed by atoms with Gasteiger partial charge in [-0.25, -0.2) is 4.39 Å². The molecule has 2 aliphatic rings. The third-order valence-electron chi connectivity index (χ3n) is 6.20. The van der Waals surface area contributed by atoms with Crippen molar-refractivity contribution < 1.29 is 14.0 Å². The molecule has 29 heavy (non-hydrogen) atoms. The van der Waals surface area contributed by atoms with E-state index in [2.05, 4.69) is 6.92 Å². The van der Waals surface area contributed by atoms with Crippen LogP contribution in [-0.2, 0) is 4.79 Å². The molecule has 2 fully saturated rings. The van der Waals surface area contributed by atoms with Crippen LogP contribution >= 0.6 is 0 Å². The molecule has 2 amide bonds. The van der Waals surface area contributed by atoms with Gasteiger partial charge in [0.25, 0.3) is 5.91 Å². The lowest BCUT2D eigenvalue weighted by Crippen LogP contribution is -2.50. The molecule has 5 heteroatoms. The van der Waals surface area contributed by atoms with E-state index in [4.69, 9.17) is 0 Å². The fourth-order valence-corrected chi connectivity index (χ4v) is 4.36. The summed E-state index contributed by atoms with van der Waals surface area (Å²) in [7, 11) is 0. The van der Waals surface area contributed by atoms with E-state index in [0.717, 1.165) is 43.5 Å². The fraction of sp³-hybridized carbons (Fsp3) is 0.417. The summed E-state index contributed by atoms with van der Waals surface area (Å²) in [6.45, 7) is 4.19. The normalized spacial score (nSPS) is 20.1. The Bertz CT molecular complexity index is 891. The van der Waals surface area contributed by atoms with Crippen LogP contribution in [0.5, 0.6) is 0 Å². The average molecular weight is 394 g/mol. The predicted molar refractivity (Wildman–Crippen MR) is 111 cm³/mol. The smallest absolute Gasteiger partial charge is 0.257 e. The monoisotopic (exact) mass is 394 g/mol. The van der Waals surface area contributed by atoms with Gasteiger partial charge < -0.3 is 9.80 Å². The predicted octanol–water partition coefficient (Wildman–Crippen LogP) is 4.36. The SMILES string of the molecule is CC1CCN(C(=O)C2CCCN2C(=O)c2cc(-c3ccccc3)ccc2F)CC1. The van der Waals surface area contributed by atoms with Crippen molar-refractivity contribution in [2.75, 3.05) is 19.6 Å². The van der Waals surface area contributed by atoms with Crippen molar-refractivity contribution in [2.24, 2.45) is 5.92 Å². The van der Waals surface area contributed by atoms with Crippen molar-refractivity contribution in [3.63, 3.8) is 0 Å². The lowest BCUT2D eigenvalue weighted by molar-refractivity contribution is -0.136. The Kier molecular flexibility index (Phi) is 5.65. The summed E-state index contributed by atoms with van der Waals surface area (Å²) in [5.41, 5.74) is 1.76. The molecule has 2 aliphatic heterocycles. The lowest BCUT2D eigenvalue weighted by Gasteiger charge is -2.34. The largest absolute Gasteiger partial charge is 0.341 e.